The van der Waals surface area contributed by atoms with Crippen LogP contribution >= 0.6 is 0 Å². The third-order valence-corrected chi connectivity index (χ3v) is 4.34. The van der Waals surface area contributed by atoms with E-state index in [1.165, 1.54) is 12.3 Å². The lowest BCUT2D eigenvalue weighted by Gasteiger charge is -2.08. The summed E-state index contributed by atoms with van der Waals surface area (Å²) in [7, 11) is 0. The fraction of sp³-hybridized carbons (Fsp3) is 0.105. The molecule has 0 aliphatic carbocycles. The van der Waals surface area contributed by atoms with Crippen molar-refractivity contribution >= 4 is 22.5 Å². The van der Waals surface area contributed by atoms with E-state index in [0.717, 1.165) is 10.9 Å². The van der Waals surface area contributed by atoms with Crippen LogP contribution in [-0.4, -0.2) is 16.0 Å². The van der Waals surface area contributed by atoms with E-state index in [0.29, 0.717) is 28.3 Å². The van der Waals surface area contributed by atoms with E-state index in [1.54, 1.807) is 31.2 Å². The fourth-order valence-corrected chi connectivity index (χ4v) is 2.75. The summed E-state index contributed by atoms with van der Waals surface area (Å²) in [6.07, 6.45) is 1.51. The second kappa shape index (κ2) is 6.03. The Labute approximate surface area is 147 Å². The maximum atomic E-state index is 12.4. The highest BCUT2D eigenvalue weighted by Crippen LogP contribution is 2.23. The number of aromatic nitrogens is 2. The summed E-state index contributed by atoms with van der Waals surface area (Å²) in [5, 5.41) is 7.45. The molecule has 0 aliphatic rings. The molecule has 3 aromatic heterocycles. The van der Waals surface area contributed by atoms with Crippen LogP contribution < -0.4 is 10.9 Å². The molecule has 7 heteroatoms. The number of rotatable bonds is 3. The Morgan fingerprint density at radius 2 is 1.96 bits per heavy atom. The van der Waals surface area contributed by atoms with Gasteiger partial charge in [0, 0.05) is 22.7 Å². The van der Waals surface area contributed by atoms with Gasteiger partial charge >= 0.3 is 0 Å². The van der Waals surface area contributed by atoms with Gasteiger partial charge in [0.2, 0.25) is 5.76 Å². The molecule has 1 aromatic carbocycles. The highest BCUT2D eigenvalue weighted by Gasteiger charge is 2.16. The van der Waals surface area contributed by atoms with Crippen LogP contribution in [0, 0.1) is 13.8 Å². The zero-order valence-corrected chi connectivity index (χ0v) is 14.1. The number of carbonyl (C=O) groups is 1. The lowest BCUT2D eigenvalue weighted by Crippen LogP contribution is -2.13. The number of nitrogens with one attached hydrogen (secondary N) is 2. The molecule has 0 saturated carbocycles. The van der Waals surface area contributed by atoms with Crippen LogP contribution in [0.4, 0.5) is 5.69 Å². The number of pyridine rings is 1. The lowest BCUT2D eigenvalue weighted by atomic mass is 10.1. The first-order chi connectivity index (χ1) is 12.5. The maximum Gasteiger partial charge on any atom is 0.277 e. The van der Waals surface area contributed by atoms with Crippen LogP contribution in [0.25, 0.3) is 22.4 Å². The molecule has 0 aliphatic heterocycles. The van der Waals surface area contributed by atoms with Crippen molar-refractivity contribution in [3.8, 4) is 11.5 Å². The molecule has 0 saturated heterocycles. The van der Waals surface area contributed by atoms with Gasteiger partial charge in [0.05, 0.1) is 11.8 Å². The minimum Gasteiger partial charge on any atom is -0.461 e. The van der Waals surface area contributed by atoms with Gasteiger partial charge in [0.25, 0.3) is 11.5 Å². The van der Waals surface area contributed by atoms with E-state index in [2.05, 4.69) is 15.5 Å². The molecule has 4 aromatic rings. The third-order valence-electron chi connectivity index (χ3n) is 4.34. The predicted octanol–water partition coefficient (Wildman–Crippen LogP) is 3.65. The van der Waals surface area contributed by atoms with Crippen molar-refractivity contribution in [1.29, 1.82) is 0 Å². The van der Waals surface area contributed by atoms with Crippen molar-refractivity contribution in [2.75, 3.05) is 5.32 Å². The summed E-state index contributed by atoms with van der Waals surface area (Å²) in [6, 6.07) is 10.3. The maximum absolute atomic E-state index is 12.4. The molecular formula is C19H15N3O4. The number of furan rings is 1. The van der Waals surface area contributed by atoms with E-state index in [1.807, 2.05) is 13.0 Å². The second-order valence-electron chi connectivity index (χ2n) is 5.97. The minimum absolute atomic E-state index is 0.130. The van der Waals surface area contributed by atoms with Crippen molar-refractivity contribution in [1.82, 2.24) is 10.1 Å². The Kier molecular flexibility index (Phi) is 3.69. The Balaban J connectivity index is 1.62. The fourth-order valence-electron chi connectivity index (χ4n) is 2.75. The van der Waals surface area contributed by atoms with E-state index in [4.69, 9.17) is 8.94 Å². The van der Waals surface area contributed by atoms with Crippen molar-refractivity contribution < 1.29 is 13.7 Å². The van der Waals surface area contributed by atoms with Gasteiger partial charge in [-0.25, -0.2) is 0 Å². The van der Waals surface area contributed by atoms with E-state index in [9.17, 15) is 9.59 Å². The number of aryl methyl sites for hydroxylation is 1. The summed E-state index contributed by atoms with van der Waals surface area (Å²) in [5.74, 6) is 0.442. The number of hydrogen-bond acceptors (Lipinski definition) is 5. The quantitative estimate of drug-likeness (QED) is 0.588. The monoisotopic (exact) mass is 349 g/mol. The molecule has 3 heterocycles. The standard InChI is InChI=1S/C19H15N3O4/c1-10-11(2)18(23)21-14-8-12(5-6-13(10)14)20-19(24)15-9-17(26-22-15)16-4-3-7-25-16/h3-9H,1-2H3,(H,20,24)(H,21,23). The van der Waals surface area contributed by atoms with Crippen LogP contribution in [0.2, 0.25) is 0 Å². The van der Waals surface area contributed by atoms with Gasteiger partial charge in [0.1, 0.15) is 0 Å². The van der Waals surface area contributed by atoms with Crippen LogP contribution in [0.1, 0.15) is 21.6 Å². The summed E-state index contributed by atoms with van der Waals surface area (Å²) in [5.41, 5.74) is 2.79. The zero-order valence-electron chi connectivity index (χ0n) is 14.1. The molecule has 7 nitrogen and oxygen atoms in total. The molecule has 2 N–H and O–H groups in total. The molecule has 0 radical (unpaired) electrons. The Bertz CT molecular complexity index is 1170. The van der Waals surface area contributed by atoms with Gasteiger partial charge in [0.15, 0.2) is 11.5 Å². The second-order valence-corrected chi connectivity index (χ2v) is 5.97. The van der Waals surface area contributed by atoms with E-state index in [-0.39, 0.29) is 11.3 Å². The first kappa shape index (κ1) is 15.9. The number of aromatic amines is 1. The summed E-state index contributed by atoms with van der Waals surface area (Å²) in [4.78, 5) is 27.2. The minimum atomic E-state index is -0.419. The van der Waals surface area contributed by atoms with Gasteiger partial charge < -0.3 is 19.2 Å². The van der Waals surface area contributed by atoms with Gasteiger partial charge in [-0.2, -0.15) is 0 Å². The first-order valence-electron chi connectivity index (χ1n) is 7.98. The number of amides is 1. The average molecular weight is 349 g/mol. The molecule has 0 bridgehead atoms. The highest BCUT2D eigenvalue weighted by atomic mass is 16.5. The zero-order chi connectivity index (χ0) is 18.3. The highest BCUT2D eigenvalue weighted by molar-refractivity contribution is 6.04. The molecule has 0 unspecified atom stereocenters. The van der Waals surface area contributed by atoms with Crippen molar-refractivity contribution in [2.45, 2.75) is 13.8 Å². The number of anilines is 1. The molecule has 4 rings (SSSR count). The van der Waals surface area contributed by atoms with E-state index >= 15 is 0 Å². The van der Waals surface area contributed by atoms with Crippen LogP contribution in [0.15, 0.2) is 56.4 Å². The molecule has 0 fully saturated rings. The molecule has 0 atom stereocenters. The summed E-state index contributed by atoms with van der Waals surface area (Å²) in [6.45, 7) is 3.68. The summed E-state index contributed by atoms with van der Waals surface area (Å²) < 4.78 is 10.3. The van der Waals surface area contributed by atoms with Gasteiger partial charge in [-0.15, -0.1) is 0 Å². The van der Waals surface area contributed by atoms with Crippen LogP contribution in [0.5, 0.6) is 0 Å². The number of nitrogens with zero attached hydrogens (tertiary/aromatic N) is 1. The van der Waals surface area contributed by atoms with Crippen LogP contribution in [-0.2, 0) is 0 Å². The lowest BCUT2D eigenvalue weighted by molar-refractivity contribution is 0.101. The number of H-pyrrole nitrogens is 1. The Morgan fingerprint density at radius 3 is 2.73 bits per heavy atom. The molecular weight excluding hydrogens is 334 g/mol. The number of fused-ring (bicyclic) bond motifs is 1. The third kappa shape index (κ3) is 2.69. The van der Waals surface area contributed by atoms with E-state index < -0.39 is 5.91 Å². The average Bonchev–Trinajstić information content (AvgIpc) is 3.30. The predicted molar refractivity (Wildman–Crippen MR) is 96.2 cm³/mol. The normalized spacial score (nSPS) is 11.0. The smallest absolute Gasteiger partial charge is 0.277 e. The Hall–Kier alpha value is -3.61. The largest absolute Gasteiger partial charge is 0.461 e. The SMILES string of the molecule is Cc1c(C)c2ccc(NC(=O)c3cc(-c4ccco4)on3)cc2[nH]c1=O. The molecule has 1 amide bonds. The Morgan fingerprint density at radius 1 is 1.12 bits per heavy atom. The van der Waals surface area contributed by atoms with Gasteiger partial charge in [-0.3, -0.25) is 9.59 Å². The molecule has 26 heavy (non-hydrogen) atoms. The number of hydrogen-bond donors (Lipinski definition) is 2. The van der Waals surface area contributed by atoms with Crippen molar-refractivity contribution in [3.05, 3.63) is 69.8 Å². The number of carbonyl (C=O) groups excluding carboxylic acids is 1. The number of benzene rings is 1. The van der Waals surface area contributed by atoms with Crippen molar-refractivity contribution in [3.63, 3.8) is 0 Å². The summed E-state index contributed by atoms with van der Waals surface area (Å²) >= 11 is 0. The topological polar surface area (TPSA) is 101 Å². The van der Waals surface area contributed by atoms with Gasteiger partial charge in [-0.05, 0) is 43.7 Å². The molecule has 0 spiro atoms. The van der Waals surface area contributed by atoms with Crippen LogP contribution in [0.3, 0.4) is 0 Å². The van der Waals surface area contributed by atoms with Gasteiger partial charge in [-0.1, -0.05) is 11.2 Å². The van der Waals surface area contributed by atoms with Crippen molar-refractivity contribution in [2.24, 2.45) is 0 Å². The first-order valence-corrected chi connectivity index (χ1v) is 7.98. The molecule has 130 valence electrons.